The molecule has 1 fully saturated rings. The van der Waals surface area contributed by atoms with Crippen LogP contribution in [-0.2, 0) is 9.63 Å². The van der Waals surface area contributed by atoms with E-state index in [4.69, 9.17) is 9.57 Å². The number of benzene rings is 1. The Bertz CT molecular complexity index is 619. The molecule has 2 rings (SSSR count). The highest BCUT2D eigenvalue weighted by atomic mass is 19.3. The molecule has 0 saturated heterocycles. The second-order valence-electron chi connectivity index (χ2n) is 6.09. The lowest BCUT2D eigenvalue weighted by Crippen LogP contribution is -2.40. The lowest BCUT2D eigenvalue weighted by molar-refractivity contribution is -0.137. The van der Waals surface area contributed by atoms with E-state index < -0.39 is 6.61 Å². The summed E-state index contributed by atoms with van der Waals surface area (Å²) in [6.45, 7) is -3.08. The molecule has 0 aromatic heterocycles. The van der Waals surface area contributed by atoms with Crippen molar-refractivity contribution in [3.63, 3.8) is 0 Å². The smallest absolute Gasteiger partial charge is 0.387 e. The number of hydrogen-bond acceptors (Lipinski definition) is 5. The molecular weight excluding hydrogens is 346 g/mol. The van der Waals surface area contributed by atoms with Gasteiger partial charge in [-0.05, 0) is 31.0 Å². The maximum Gasteiger partial charge on any atom is 0.387 e. The lowest BCUT2D eigenvalue weighted by Gasteiger charge is -2.30. The van der Waals surface area contributed by atoms with Crippen molar-refractivity contribution in [2.45, 2.75) is 44.8 Å². The van der Waals surface area contributed by atoms with Gasteiger partial charge in [-0.2, -0.15) is 8.78 Å². The highest BCUT2D eigenvalue weighted by Crippen LogP contribution is 2.29. The highest BCUT2D eigenvalue weighted by Gasteiger charge is 2.22. The Balaban J connectivity index is 1.84. The Kier molecular flexibility index (Phi) is 7.62. The topological polar surface area (TPSA) is 60.4 Å². The van der Waals surface area contributed by atoms with Gasteiger partial charge in [0.25, 0.3) is 5.91 Å². The number of amides is 1. The van der Waals surface area contributed by atoms with Crippen LogP contribution in [0, 0.1) is 0 Å². The second kappa shape index (κ2) is 9.94. The number of carbonyl (C=O) groups is 1. The second-order valence-corrected chi connectivity index (χ2v) is 6.09. The van der Waals surface area contributed by atoms with Crippen molar-refractivity contribution < 1.29 is 27.9 Å². The largest absolute Gasteiger partial charge is 0.493 e. The zero-order valence-electron chi connectivity index (χ0n) is 15.0. The van der Waals surface area contributed by atoms with Gasteiger partial charge in [-0.25, -0.2) is 0 Å². The number of rotatable bonds is 8. The van der Waals surface area contributed by atoms with Gasteiger partial charge in [-0.1, -0.05) is 24.4 Å². The van der Waals surface area contributed by atoms with Crippen molar-refractivity contribution in [3.8, 4) is 11.5 Å². The summed E-state index contributed by atoms with van der Waals surface area (Å²) in [4.78, 5) is 18.9. The molecule has 0 N–H and O–H groups in total. The molecule has 26 heavy (non-hydrogen) atoms. The minimum atomic E-state index is -2.93. The number of carbonyl (C=O) groups excluding carboxylic acids is 1. The van der Waals surface area contributed by atoms with Gasteiger partial charge in [0, 0.05) is 18.7 Å². The van der Waals surface area contributed by atoms with E-state index >= 15 is 0 Å². The van der Waals surface area contributed by atoms with E-state index in [-0.39, 0.29) is 30.1 Å². The zero-order valence-corrected chi connectivity index (χ0v) is 15.0. The fraction of sp³-hybridized carbons (Fsp3) is 0.556. The van der Waals surface area contributed by atoms with Crippen LogP contribution in [0.2, 0.25) is 0 Å². The molecule has 1 aliphatic rings. The molecule has 6 nitrogen and oxygen atoms in total. The molecule has 0 radical (unpaired) electrons. The molecule has 0 unspecified atom stereocenters. The van der Waals surface area contributed by atoms with E-state index in [1.54, 1.807) is 11.9 Å². The maximum absolute atomic E-state index is 12.3. The number of ether oxygens (including phenoxy) is 2. The maximum atomic E-state index is 12.3. The van der Waals surface area contributed by atoms with E-state index in [9.17, 15) is 13.6 Å². The third-order valence-electron chi connectivity index (χ3n) is 4.38. The standard InChI is InChI=1S/C18H24F2N2O4/c1-22(14-6-4-3-5-7-14)17(23)12-25-21-11-13-8-9-15(26-18(19)20)16(10-13)24-2/h8-11,14,18H,3-7,12H2,1-2H3/b21-11+. The molecule has 1 aromatic carbocycles. The van der Waals surface area contributed by atoms with Gasteiger partial charge in [0.05, 0.1) is 13.3 Å². The molecule has 8 heteroatoms. The number of halogens is 2. The quantitative estimate of drug-likeness (QED) is 0.520. The number of methoxy groups -OCH3 is 1. The summed E-state index contributed by atoms with van der Waals surface area (Å²) >= 11 is 0. The molecule has 0 spiro atoms. The molecule has 1 aromatic rings. The predicted molar refractivity (Wildman–Crippen MR) is 92.8 cm³/mol. The van der Waals surface area contributed by atoms with Gasteiger partial charge in [0.15, 0.2) is 18.1 Å². The summed E-state index contributed by atoms with van der Waals surface area (Å²) in [5.41, 5.74) is 0.566. The predicted octanol–water partition coefficient (Wildman–Crippen LogP) is 3.44. The summed E-state index contributed by atoms with van der Waals surface area (Å²) in [7, 11) is 3.14. The van der Waals surface area contributed by atoms with Crippen molar-refractivity contribution in [1.29, 1.82) is 0 Å². The zero-order chi connectivity index (χ0) is 18.9. The van der Waals surface area contributed by atoms with Crippen molar-refractivity contribution in [1.82, 2.24) is 4.90 Å². The van der Waals surface area contributed by atoms with E-state index in [2.05, 4.69) is 9.89 Å². The number of hydrogen-bond donors (Lipinski definition) is 0. The first kappa shape index (κ1) is 19.9. The first-order valence-corrected chi connectivity index (χ1v) is 8.55. The average Bonchev–Trinajstić information content (AvgIpc) is 2.65. The third kappa shape index (κ3) is 5.86. The SMILES string of the molecule is COc1cc(/C=N/OCC(=O)N(C)C2CCCCC2)ccc1OC(F)F. The lowest BCUT2D eigenvalue weighted by atomic mass is 9.94. The van der Waals surface area contributed by atoms with Crippen LogP contribution in [0.3, 0.4) is 0 Å². The first-order chi connectivity index (χ1) is 12.5. The van der Waals surface area contributed by atoms with Gasteiger partial charge in [-0.15, -0.1) is 0 Å². The highest BCUT2D eigenvalue weighted by molar-refractivity contribution is 5.81. The Labute approximate surface area is 151 Å². The number of alkyl halides is 2. The van der Waals surface area contributed by atoms with Crippen LogP contribution in [0.1, 0.15) is 37.7 Å². The summed E-state index contributed by atoms with van der Waals surface area (Å²) in [6.07, 6.45) is 6.95. The summed E-state index contributed by atoms with van der Waals surface area (Å²) < 4.78 is 34.0. The molecular formula is C18H24F2N2O4. The van der Waals surface area contributed by atoms with E-state index in [1.165, 1.54) is 37.9 Å². The Morgan fingerprint density at radius 3 is 2.69 bits per heavy atom. The number of likely N-dealkylation sites (N-methyl/N-ethyl adjacent to an activating group) is 1. The van der Waals surface area contributed by atoms with Gasteiger partial charge in [0.2, 0.25) is 0 Å². The van der Waals surface area contributed by atoms with Crippen LogP contribution < -0.4 is 9.47 Å². The fourth-order valence-electron chi connectivity index (χ4n) is 2.92. The van der Waals surface area contributed by atoms with Crippen molar-refractivity contribution >= 4 is 12.1 Å². The van der Waals surface area contributed by atoms with Crippen LogP contribution in [0.25, 0.3) is 0 Å². The minimum absolute atomic E-state index is 0.0650. The molecule has 0 aliphatic heterocycles. The summed E-state index contributed by atoms with van der Waals surface area (Å²) in [5, 5.41) is 3.76. The molecule has 0 heterocycles. The normalized spacial score (nSPS) is 15.3. The van der Waals surface area contributed by atoms with Crippen molar-refractivity contribution in [2.24, 2.45) is 5.16 Å². The molecule has 1 aliphatic carbocycles. The third-order valence-corrected chi connectivity index (χ3v) is 4.38. The number of nitrogens with zero attached hydrogens (tertiary/aromatic N) is 2. The van der Waals surface area contributed by atoms with Crippen LogP contribution in [-0.4, -0.2) is 50.4 Å². The van der Waals surface area contributed by atoms with Crippen LogP contribution in [0.15, 0.2) is 23.4 Å². The van der Waals surface area contributed by atoms with Gasteiger partial charge < -0.3 is 19.2 Å². The van der Waals surface area contributed by atoms with Crippen LogP contribution >= 0.6 is 0 Å². The Hall–Kier alpha value is -2.38. The van der Waals surface area contributed by atoms with Gasteiger partial charge >= 0.3 is 6.61 Å². The molecule has 0 bridgehead atoms. The summed E-state index contributed by atoms with van der Waals surface area (Å²) in [5.74, 6) is -0.0282. The van der Waals surface area contributed by atoms with Gasteiger partial charge in [0.1, 0.15) is 0 Å². The molecule has 1 amide bonds. The molecule has 1 saturated carbocycles. The van der Waals surface area contributed by atoms with Crippen molar-refractivity contribution in [3.05, 3.63) is 23.8 Å². The van der Waals surface area contributed by atoms with E-state index in [0.29, 0.717) is 5.56 Å². The van der Waals surface area contributed by atoms with Crippen LogP contribution in [0.4, 0.5) is 8.78 Å². The summed E-state index contributed by atoms with van der Waals surface area (Å²) in [6, 6.07) is 4.65. The van der Waals surface area contributed by atoms with E-state index in [1.807, 2.05) is 0 Å². The fourth-order valence-corrected chi connectivity index (χ4v) is 2.92. The molecule has 144 valence electrons. The average molecular weight is 370 g/mol. The van der Waals surface area contributed by atoms with E-state index in [0.717, 1.165) is 25.7 Å². The molecule has 0 atom stereocenters. The Morgan fingerprint density at radius 2 is 2.04 bits per heavy atom. The van der Waals surface area contributed by atoms with Gasteiger partial charge in [-0.3, -0.25) is 4.79 Å². The van der Waals surface area contributed by atoms with Crippen molar-refractivity contribution in [2.75, 3.05) is 20.8 Å². The Morgan fingerprint density at radius 1 is 1.31 bits per heavy atom. The van der Waals surface area contributed by atoms with Crippen LogP contribution in [0.5, 0.6) is 11.5 Å². The minimum Gasteiger partial charge on any atom is -0.493 e. The monoisotopic (exact) mass is 370 g/mol. The number of oxime groups is 1. The first-order valence-electron chi connectivity index (χ1n) is 8.55.